The van der Waals surface area contributed by atoms with Crippen LogP contribution in [0.1, 0.15) is 24.5 Å². The molecule has 0 spiro atoms. The molecule has 2 aliphatic heterocycles. The van der Waals surface area contributed by atoms with Gasteiger partial charge in [-0.3, -0.25) is 9.59 Å². The summed E-state index contributed by atoms with van der Waals surface area (Å²) in [6.07, 6.45) is 0.435. The fourth-order valence-corrected chi connectivity index (χ4v) is 3.22. The largest absolute Gasteiger partial charge is 0.343 e. The molecule has 1 aromatic rings. The standard InChI is InChI=1S/C17H22N4O3/c1-9-4-5-12(6-10(9)2)19-17(24)20-13-7-14-15(22)18-11(3)16(23)21(14)8-13/h4-6,11,13-14H,7-8H2,1-3H3,(H,18,22)(H2,19,20,24)/t11-,13+,14+/m1/s1. The number of nitrogens with one attached hydrogen (secondary N) is 3. The van der Waals surface area contributed by atoms with E-state index in [1.54, 1.807) is 11.8 Å². The number of nitrogens with zero attached hydrogens (tertiary/aromatic N) is 1. The first-order valence-electron chi connectivity index (χ1n) is 8.11. The normalized spacial score (nSPS) is 26.0. The van der Waals surface area contributed by atoms with Gasteiger partial charge in [-0.2, -0.15) is 0 Å². The number of fused-ring (bicyclic) bond motifs is 1. The predicted molar refractivity (Wildman–Crippen MR) is 89.6 cm³/mol. The minimum absolute atomic E-state index is 0.0986. The van der Waals surface area contributed by atoms with Gasteiger partial charge in [0.15, 0.2) is 0 Å². The Morgan fingerprint density at radius 1 is 1.25 bits per heavy atom. The molecule has 0 radical (unpaired) electrons. The lowest BCUT2D eigenvalue weighted by atomic mass is 10.1. The van der Waals surface area contributed by atoms with Crippen LogP contribution in [-0.4, -0.2) is 47.4 Å². The van der Waals surface area contributed by atoms with Crippen LogP contribution in [0.4, 0.5) is 10.5 Å². The molecular formula is C17H22N4O3. The number of aryl methyl sites for hydroxylation is 2. The number of anilines is 1. The maximum absolute atomic E-state index is 12.2. The SMILES string of the molecule is Cc1ccc(NC(=O)N[C@H]2C[C@H]3C(=O)N[C@H](C)C(=O)N3C2)cc1C. The number of rotatable bonds is 2. The van der Waals surface area contributed by atoms with Gasteiger partial charge in [0.2, 0.25) is 11.8 Å². The predicted octanol–water partition coefficient (Wildman–Crippen LogP) is 0.913. The molecule has 2 heterocycles. The van der Waals surface area contributed by atoms with E-state index < -0.39 is 12.1 Å². The third-order valence-electron chi connectivity index (χ3n) is 4.72. The van der Waals surface area contributed by atoms with E-state index >= 15 is 0 Å². The summed E-state index contributed by atoms with van der Waals surface area (Å²) in [5, 5.41) is 8.31. The Kier molecular flexibility index (Phi) is 4.17. The summed E-state index contributed by atoms with van der Waals surface area (Å²) in [7, 11) is 0. The number of benzene rings is 1. The van der Waals surface area contributed by atoms with E-state index in [0.29, 0.717) is 18.7 Å². The van der Waals surface area contributed by atoms with Gasteiger partial charge in [0.1, 0.15) is 12.1 Å². The lowest BCUT2D eigenvalue weighted by Gasteiger charge is -2.32. The molecule has 3 rings (SSSR count). The van der Waals surface area contributed by atoms with Gasteiger partial charge in [0.25, 0.3) is 0 Å². The van der Waals surface area contributed by atoms with E-state index in [0.717, 1.165) is 11.1 Å². The Labute approximate surface area is 140 Å². The van der Waals surface area contributed by atoms with Crippen LogP contribution in [0.3, 0.4) is 0 Å². The molecule has 1 aromatic carbocycles. The van der Waals surface area contributed by atoms with Crippen molar-refractivity contribution < 1.29 is 14.4 Å². The van der Waals surface area contributed by atoms with Gasteiger partial charge in [0.05, 0.1) is 6.04 Å². The highest BCUT2D eigenvalue weighted by Crippen LogP contribution is 2.22. The van der Waals surface area contributed by atoms with Crippen LogP contribution >= 0.6 is 0 Å². The number of hydrogen-bond donors (Lipinski definition) is 3. The van der Waals surface area contributed by atoms with Crippen LogP contribution in [0.25, 0.3) is 0 Å². The van der Waals surface area contributed by atoms with Crippen LogP contribution in [0.2, 0.25) is 0 Å². The second-order valence-electron chi connectivity index (χ2n) is 6.57. The quantitative estimate of drug-likeness (QED) is 0.753. The van der Waals surface area contributed by atoms with Crippen LogP contribution in [0, 0.1) is 13.8 Å². The monoisotopic (exact) mass is 330 g/mol. The van der Waals surface area contributed by atoms with E-state index in [1.807, 2.05) is 32.0 Å². The van der Waals surface area contributed by atoms with Gasteiger partial charge >= 0.3 is 6.03 Å². The zero-order valence-electron chi connectivity index (χ0n) is 14.1. The zero-order chi connectivity index (χ0) is 17.4. The fourth-order valence-electron chi connectivity index (χ4n) is 3.22. The number of piperazine rings is 1. The summed E-state index contributed by atoms with van der Waals surface area (Å²) in [6, 6.07) is 4.15. The molecule has 7 heteroatoms. The molecule has 2 saturated heterocycles. The van der Waals surface area contributed by atoms with Crippen molar-refractivity contribution in [2.45, 2.75) is 45.3 Å². The van der Waals surface area contributed by atoms with Crippen molar-refractivity contribution in [1.82, 2.24) is 15.5 Å². The molecule has 24 heavy (non-hydrogen) atoms. The molecule has 0 unspecified atom stereocenters. The molecule has 0 aromatic heterocycles. The minimum atomic E-state index is -0.503. The van der Waals surface area contributed by atoms with Gasteiger partial charge in [-0.05, 0) is 50.5 Å². The van der Waals surface area contributed by atoms with Crippen LogP contribution in [0.15, 0.2) is 18.2 Å². The molecule has 0 saturated carbocycles. The van der Waals surface area contributed by atoms with Crippen molar-refractivity contribution in [2.24, 2.45) is 0 Å². The third-order valence-corrected chi connectivity index (χ3v) is 4.72. The van der Waals surface area contributed by atoms with Gasteiger partial charge in [0, 0.05) is 12.2 Å². The highest BCUT2D eigenvalue weighted by Gasteiger charge is 2.45. The summed E-state index contributed by atoms with van der Waals surface area (Å²) >= 11 is 0. The molecule has 2 fully saturated rings. The van der Waals surface area contributed by atoms with Crippen molar-refractivity contribution in [2.75, 3.05) is 11.9 Å². The first kappa shape index (κ1) is 16.3. The number of carbonyl (C=O) groups excluding carboxylic acids is 3. The van der Waals surface area contributed by atoms with Gasteiger partial charge in [-0.15, -0.1) is 0 Å². The van der Waals surface area contributed by atoms with Crippen molar-refractivity contribution in [1.29, 1.82) is 0 Å². The molecule has 7 nitrogen and oxygen atoms in total. The van der Waals surface area contributed by atoms with E-state index in [4.69, 9.17) is 0 Å². The van der Waals surface area contributed by atoms with Crippen molar-refractivity contribution >= 4 is 23.5 Å². The Morgan fingerprint density at radius 3 is 2.71 bits per heavy atom. The van der Waals surface area contributed by atoms with Gasteiger partial charge < -0.3 is 20.9 Å². The number of urea groups is 1. The fraction of sp³-hybridized carbons (Fsp3) is 0.471. The molecule has 2 aliphatic rings. The molecule has 3 N–H and O–H groups in total. The zero-order valence-corrected chi connectivity index (χ0v) is 14.1. The van der Waals surface area contributed by atoms with Crippen LogP contribution < -0.4 is 16.0 Å². The van der Waals surface area contributed by atoms with Gasteiger partial charge in [-0.1, -0.05) is 6.07 Å². The third kappa shape index (κ3) is 3.06. The number of amides is 4. The highest BCUT2D eigenvalue weighted by molar-refractivity contribution is 5.97. The molecule has 128 valence electrons. The lowest BCUT2D eigenvalue weighted by molar-refractivity contribution is -0.146. The first-order valence-corrected chi connectivity index (χ1v) is 8.11. The Morgan fingerprint density at radius 2 is 2.00 bits per heavy atom. The molecule has 4 amide bonds. The molecule has 3 atom stereocenters. The maximum atomic E-state index is 12.2. The summed E-state index contributed by atoms with van der Waals surface area (Å²) in [5.74, 6) is -0.251. The second kappa shape index (κ2) is 6.14. The number of hydrogen-bond acceptors (Lipinski definition) is 3. The summed E-state index contributed by atoms with van der Waals surface area (Å²) in [6.45, 7) is 6.03. The first-order chi connectivity index (χ1) is 11.3. The number of carbonyl (C=O) groups is 3. The average molecular weight is 330 g/mol. The summed E-state index contributed by atoms with van der Waals surface area (Å²) < 4.78 is 0. The Balaban J connectivity index is 1.60. The molecular weight excluding hydrogens is 308 g/mol. The topological polar surface area (TPSA) is 90.5 Å². The summed E-state index contributed by atoms with van der Waals surface area (Å²) in [5.41, 5.74) is 2.98. The van der Waals surface area contributed by atoms with E-state index in [2.05, 4.69) is 16.0 Å². The van der Waals surface area contributed by atoms with E-state index in [9.17, 15) is 14.4 Å². The Hall–Kier alpha value is -2.57. The lowest BCUT2D eigenvalue weighted by Crippen LogP contribution is -2.60. The van der Waals surface area contributed by atoms with Crippen molar-refractivity contribution in [3.63, 3.8) is 0 Å². The molecule has 0 aliphatic carbocycles. The summed E-state index contributed by atoms with van der Waals surface area (Å²) in [4.78, 5) is 37.8. The van der Waals surface area contributed by atoms with Crippen LogP contribution in [0.5, 0.6) is 0 Å². The van der Waals surface area contributed by atoms with E-state index in [-0.39, 0.29) is 23.9 Å². The van der Waals surface area contributed by atoms with Gasteiger partial charge in [-0.25, -0.2) is 4.79 Å². The Bertz CT molecular complexity index is 703. The highest BCUT2D eigenvalue weighted by atomic mass is 16.2. The van der Waals surface area contributed by atoms with Crippen molar-refractivity contribution in [3.05, 3.63) is 29.3 Å². The van der Waals surface area contributed by atoms with Crippen LogP contribution in [-0.2, 0) is 9.59 Å². The second-order valence-corrected chi connectivity index (χ2v) is 6.57. The van der Waals surface area contributed by atoms with E-state index in [1.165, 1.54) is 0 Å². The minimum Gasteiger partial charge on any atom is -0.343 e. The van der Waals surface area contributed by atoms with Crippen molar-refractivity contribution in [3.8, 4) is 0 Å². The molecule has 0 bridgehead atoms. The average Bonchev–Trinajstić information content (AvgIpc) is 2.93. The maximum Gasteiger partial charge on any atom is 0.319 e. The smallest absolute Gasteiger partial charge is 0.319 e.